The first-order valence-electron chi connectivity index (χ1n) is 4.42. The predicted octanol–water partition coefficient (Wildman–Crippen LogP) is 2.84. The van der Waals surface area contributed by atoms with Crippen LogP contribution in [0.3, 0.4) is 0 Å². The highest BCUT2D eigenvalue weighted by Crippen LogP contribution is 2.24. The minimum absolute atomic E-state index is 0.474. The lowest BCUT2D eigenvalue weighted by atomic mass is 9.98. The van der Waals surface area contributed by atoms with Crippen LogP contribution in [0, 0.1) is 0 Å². The highest BCUT2D eigenvalue weighted by molar-refractivity contribution is 9.10. The second-order valence-corrected chi connectivity index (χ2v) is 5.67. The molecule has 0 fully saturated rings. The zero-order valence-electron chi connectivity index (χ0n) is 8.58. The molecule has 0 saturated carbocycles. The van der Waals surface area contributed by atoms with Crippen LogP contribution in [0.5, 0.6) is 0 Å². The first-order valence-corrected chi connectivity index (χ1v) is 6.09. The van der Waals surface area contributed by atoms with Crippen molar-refractivity contribution in [3.63, 3.8) is 0 Å². The van der Waals surface area contributed by atoms with E-state index in [0.29, 0.717) is 6.42 Å². The van der Waals surface area contributed by atoms with Crippen molar-refractivity contribution in [3.05, 3.63) is 20.8 Å². The molecule has 0 bridgehead atoms. The maximum atomic E-state index is 9.91. The second kappa shape index (κ2) is 4.75. The Morgan fingerprint density at radius 3 is 2.71 bits per heavy atom. The molecule has 1 aromatic heterocycles. The molecule has 0 aliphatic carbocycles. The normalized spacial score (nSPS) is 14.4. The van der Waals surface area contributed by atoms with Crippen LogP contribution >= 0.6 is 27.3 Å². The fourth-order valence-electron chi connectivity index (χ4n) is 1.03. The van der Waals surface area contributed by atoms with Crippen LogP contribution in [-0.2, 0) is 11.2 Å². The molecule has 1 aromatic rings. The highest BCUT2D eigenvalue weighted by atomic mass is 79.9. The molecule has 0 spiro atoms. The first-order chi connectivity index (χ1) is 6.45. The lowest BCUT2D eigenvalue weighted by molar-refractivity contribution is -0.0762. The number of ether oxygens (including phenoxy) is 1. The average molecular weight is 279 g/mol. The predicted molar refractivity (Wildman–Crippen MR) is 62.8 cm³/mol. The van der Waals surface area contributed by atoms with Crippen molar-refractivity contribution >= 4 is 27.3 Å². The Bertz CT molecular complexity index is 296. The Kier molecular flexibility index (Phi) is 4.13. The van der Waals surface area contributed by atoms with Gasteiger partial charge in [0, 0.05) is 28.3 Å². The fraction of sp³-hybridized carbons (Fsp3) is 0.600. The van der Waals surface area contributed by atoms with E-state index >= 15 is 0 Å². The Morgan fingerprint density at radius 1 is 1.64 bits per heavy atom. The summed E-state index contributed by atoms with van der Waals surface area (Å²) in [5, 5.41) is 11.9. The van der Waals surface area contributed by atoms with Gasteiger partial charge in [0.2, 0.25) is 0 Å². The van der Waals surface area contributed by atoms with E-state index in [9.17, 15) is 5.11 Å². The lowest BCUT2D eigenvalue weighted by Gasteiger charge is -2.28. The zero-order valence-corrected chi connectivity index (χ0v) is 11.0. The van der Waals surface area contributed by atoms with Crippen molar-refractivity contribution in [2.24, 2.45) is 0 Å². The summed E-state index contributed by atoms with van der Waals surface area (Å²) < 4.78 is 6.29. The lowest BCUT2D eigenvalue weighted by Crippen LogP contribution is -2.39. The van der Waals surface area contributed by atoms with E-state index in [1.165, 1.54) is 0 Å². The van der Waals surface area contributed by atoms with Gasteiger partial charge < -0.3 is 9.84 Å². The molecule has 0 aliphatic rings. The fourth-order valence-corrected chi connectivity index (χ4v) is 2.52. The number of rotatable bonds is 4. The molecule has 1 heterocycles. The maximum Gasteiger partial charge on any atom is 0.0884 e. The van der Waals surface area contributed by atoms with E-state index in [4.69, 9.17) is 4.74 Å². The van der Waals surface area contributed by atoms with Gasteiger partial charge >= 0.3 is 0 Å². The van der Waals surface area contributed by atoms with Gasteiger partial charge in [0.05, 0.1) is 11.7 Å². The van der Waals surface area contributed by atoms with Crippen molar-refractivity contribution in [2.45, 2.75) is 32.0 Å². The van der Waals surface area contributed by atoms with E-state index in [-0.39, 0.29) is 0 Å². The Hall–Kier alpha value is 0.1000. The number of halogens is 1. The van der Waals surface area contributed by atoms with Crippen LogP contribution in [0.25, 0.3) is 0 Å². The van der Waals surface area contributed by atoms with Gasteiger partial charge in [-0.3, -0.25) is 0 Å². The summed E-state index contributed by atoms with van der Waals surface area (Å²) in [6, 6.07) is 2.03. The Morgan fingerprint density at radius 2 is 2.29 bits per heavy atom. The minimum atomic E-state index is -0.490. The minimum Gasteiger partial charge on any atom is -0.390 e. The van der Waals surface area contributed by atoms with E-state index in [2.05, 4.69) is 15.9 Å². The van der Waals surface area contributed by atoms with Gasteiger partial charge in [-0.2, -0.15) is 0 Å². The third-order valence-corrected chi connectivity index (χ3v) is 4.06. The summed E-state index contributed by atoms with van der Waals surface area (Å²) in [5.41, 5.74) is -0.490. The van der Waals surface area contributed by atoms with Crippen molar-refractivity contribution in [1.82, 2.24) is 0 Å². The molecule has 80 valence electrons. The number of aliphatic hydroxyl groups excluding tert-OH is 1. The van der Waals surface area contributed by atoms with Gasteiger partial charge in [-0.15, -0.1) is 11.3 Å². The van der Waals surface area contributed by atoms with E-state index in [0.717, 1.165) is 9.35 Å². The SMILES string of the molecule is COC(C)(C)C(O)Cc1cc(Br)cs1. The van der Waals surface area contributed by atoms with Crippen LogP contribution in [0.15, 0.2) is 15.9 Å². The van der Waals surface area contributed by atoms with Crippen molar-refractivity contribution in [3.8, 4) is 0 Å². The molecule has 1 rings (SSSR count). The maximum absolute atomic E-state index is 9.91. The molecule has 0 amide bonds. The molecule has 1 N–H and O–H groups in total. The van der Waals surface area contributed by atoms with Crippen molar-refractivity contribution in [2.75, 3.05) is 7.11 Å². The topological polar surface area (TPSA) is 29.5 Å². The van der Waals surface area contributed by atoms with Crippen molar-refractivity contribution in [1.29, 1.82) is 0 Å². The molecule has 0 aromatic carbocycles. The molecular weight excluding hydrogens is 264 g/mol. The first kappa shape index (κ1) is 12.2. The largest absolute Gasteiger partial charge is 0.390 e. The number of methoxy groups -OCH3 is 1. The van der Waals surface area contributed by atoms with Gasteiger partial charge in [-0.05, 0) is 35.8 Å². The van der Waals surface area contributed by atoms with Crippen LogP contribution in [-0.4, -0.2) is 23.9 Å². The number of hydrogen-bond donors (Lipinski definition) is 1. The summed E-state index contributed by atoms with van der Waals surface area (Å²) in [4.78, 5) is 1.16. The summed E-state index contributed by atoms with van der Waals surface area (Å²) in [6.07, 6.45) is 0.162. The molecular formula is C10H15BrO2S. The van der Waals surface area contributed by atoms with E-state index in [1.54, 1.807) is 18.4 Å². The highest BCUT2D eigenvalue weighted by Gasteiger charge is 2.27. The summed E-state index contributed by atoms with van der Waals surface area (Å²) in [6.45, 7) is 3.78. The second-order valence-electron chi connectivity index (χ2n) is 3.76. The van der Waals surface area contributed by atoms with Gasteiger partial charge in [-0.1, -0.05) is 0 Å². The Labute approximate surface area is 97.0 Å². The van der Waals surface area contributed by atoms with Gasteiger partial charge in [0.1, 0.15) is 0 Å². The monoisotopic (exact) mass is 278 g/mol. The number of hydrogen-bond acceptors (Lipinski definition) is 3. The molecule has 1 atom stereocenters. The van der Waals surface area contributed by atoms with E-state index < -0.39 is 11.7 Å². The van der Waals surface area contributed by atoms with Gasteiger partial charge in [-0.25, -0.2) is 0 Å². The van der Waals surface area contributed by atoms with Crippen LogP contribution in [0.2, 0.25) is 0 Å². The molecule has 4 heteroatoms. The standard InChI is InChI=1S/C10H15BrO2S/c1-10(2,13-3)9(12)5-8-4-7(11)6-14-8/h4,6,9,12H,5H2,1-3H3. The molecule has 14 heavy (non-hydrogen) atoms. The molecule has 1 unspecified atom stereocenters. The molecule has 0 radical (unpaired) electrons. The van der Waals surface area contributed by atoms with Crippen LogP contribution in [0.1, 0.15) is 18.7 Å². The van der Waals surface area contributed by atoms with E-state index in [1.807, 2.05) is 25.3 Å². The van der Waals surface area contributed by atoms with Crippen LogP contribution < -0.4 is 0 Å². The van der Waals surface area contributed by atoms with Crippen molar-refractivity contribution < 1.29 is 9.84 Å². The molecule has 2 nitrogen and oxygen atoms in total. The Balaban J connectivity index is 2.61. The summed E-state index contributed by atoms with van der Waals surface area (Å²) in [7, 11) is 1.62. The zero-order chi connectivity index (χ0) is 10.8. The number of aliphatic hydroxyl groups is 1. The molecule has 0 saturated heterocycles. The van der Waals surface area contributed by atoms with Crippen LogP contribution in [0.4, 0.5) is 0 Å². The summed E-state index contributed by atoms with van der Waals surface area (Å²) in [5.74, 6) is 0. The smallest absolute Gasteiger partial charge is 0.0884 e. The van der Waals surface area contributed by atoms with Gasteiger partial charge in [0.25, 0.3) is 0 Å². The number of thiophene rings is 1. The summed E-state index contributed by atoms with van der Waals surface area (Å²) >= 11 is 5.03. The third-order valence-electron chi connectivity index (χ3n) is 2.34. The average Bonchev–Trinajstić information content (AvgIpc) is 2.51. The quantitative estimate of drug-likeness (QED) is 0.918. The van der Waals surface area contributed by atoms with Gasteiger partial charge in [0.15, 0.2) is 0 Å². The molecule has 0 aliphatic heterocycles. The third kappa shape index (κ3) is 3.05.